The molecule has 1 aliphatic rings. The van der Waals surface area contributed by atoms with E-state index in [0.717, 1.165) is 5.56 Å². The normalized spacial score (nSPS) is 15.8. The van der Waals surface area contributed by atoms with Gasteiger partial charge in [0.2, 0.25) is 10.0 Å². The van der Waals surface area contributed by atoms with Gasteiger partial charge >= 0.3 is 0 Å². The van der Waals surface area contributed by atoms with Crippen molar-refractivity contribution in [2.75, 3.05) is 37.8 Å². The molecule has 0 saturated carbocycles. The Balaban J connectivity index is 1.66. The quantitative estimate of drug-likeness (QED) is 0.733. The van der Waals surface area contributed by atoms with Gasteiger partial charge in [-0.25, -0.2) is 8.42 Å². The van der Waals surface area contributed by atoms with Crippen molar-refractivity contribution in [2.24, 2.45) is 5.73 Å². The minimum Gasteiger partial charge on any atom is -0.366 e. The molecule has 154 valence electrons. The van der Waals surface area contributed by atoms with Crippen LogP contribution in [0, 0.1) is 0 Å². The maximum absolute atomic E-state index is 12.6. The van der Waals surface area contributed by atoms with Crippen LogP contribution in [0.15, 0.2) is 48.5 Å². The van der Waals surface area contributed by atoms with Gasteiger partial charge in [0.15, 0.2) is 0 Å². The molecule has 1 fully saturated rings. The second kappa shape index (κ2) is 8.73. The number of rotatable bonds is 6. The van der Waals surface area contributed by atoms with Crippen LogP contribution >= 0.6 is 0 Å². The maximum atomic E-state index is 12.6. The molecule has 0 aliphatic carbocycles. The summed E-state index contributed by atoms with van der Waals surface area (Å²) >= 11 is 0. The summed E-state index contributed by atoms with van der Waals surface area (Å²) < 4.78 is 24.7. The largest absolute Gasteiger partial charge is 0.366 e. The first-order valence-corrected chi connectivity index (χ1v) is 11.1. The number of carbonyl (C=O) groups is 2. The molecule has 8 nitrogen and oxygen atoms in total. The van der Waals surface area contributed by atoms with Gasteiger partial charge < -0.3 is 11.1 Å². The van der Waals surface area contributed by atoms with Gasteiger partial charge in [0.25, 0.3) is 11.8 Å². The fourth-order valence-corrected chi connectivity index (χ4v) is 4.12. The number of carbonyl (C=O) groups excluding carboxylic acids is 2. The molecule has 0 aromatic heterocycles. The van der Waals surface area contributed by atoms with E-state index in [1.807, 2.05) is 6.07 Å². The van der Waals surface area contributed by atoms with Crippen molar-refractivity contribution in [1.29, 1.82) is 0 Å². The Hall–Kier alpha value is -2.75. The summed E-state index contributed by atoms with van der Waals surface area (Å²) in [6.07, 6.45) is 1.22. The lowest BCUT2D eigenvalue weighted by Gasteiger charge is -2.33. The van der Waals surface area contributed by atoms with E-state index in [2.05, 4.69) is 10.2 Å². The molecule has 2 amide bonds. The summed E-state index contributed by atoms with van der Waals surface area (Å²) in [6.45, 7) is 2.81. The van der Waals surface area contributed by atoms with Crippen molar-refractivity contribution in [3.8, 4) is 0 Å². The lowest BCUT2D eigenvalue weighted by molar-refractivity contribution is 0.100. The minimum absolute atomic E-state index is 0.251. The van der Waals surface area contributed by atoms with Crippen molar-refractivity contribution >= 4 is 27.5 Å². The molecule has 2 aromatic rings. The van der Waals surface area contributed by atoms with Crippen molar-refractivity contribution in [1.82, 2.24) is 9.21 Å². The van der Waals surface area contributed by atoms with Gasteiger partial charge in [0.1, 0.15) is 0 Å². The van der Waals surface area contributed by atoms with Gasteiger partial charge in [-0.05, 0) is 29.8 Å². The van der Waals surface area contributed by atoms with E-state index in [1.165, 1.54) is 10.6 Å². The highest BCUT2D eigenvalue weighted by atomic mass is 32.2. The molecule has 0 bridgehead atoms. The minimum atomic E-state index is -3.16. The maximum Gasteiger partial charge on any atom is 0.255 e. The predicted octanol–water partition coefficient (Wildman–Crippen LogP) is 1.11. The van der Waals surface area contributed by atoms with Crippen LogP contribution in [0.25, 0.3) is 0 Å². The van der Waals surface area contributed by atoms with Crippen LogP contribution in [0.5, 0.6) is 0 Å². The van der Waals surface area contributed by atoms with Crippen molar-refractivity contribution < 1.29 is 18.0 Å². The van der Waals surface area contributed by atoms with E-state index in [0.29, 0.717) is 44.0 Å². The first-order valence-electron chi connectivity index (χ1n) is 9.20. The van der Waals surface area contributed by atoms with Gasteiger partial charge in [0, 0.05) is 38.3 Å². The number of para-hydroxylation sites is 1. The van der Waals surface area contributed by atoms with E-state index in [1.54, 1.807) is 42.5 Å². The number of amides is 2. The van der Waals surface area contributed by atoms with Crippen LogP contribution in [-0.2, 0) is 16.6 Å². The summed E-state index contributed by atoms with van der Waals surface area (Å²) in [5, 5.41) is 2.73. The summed E-state index contributed by atoms with van der Waals surface area (Å²) in [5.74, 6) is -0.940. The highest BCUT2D eigenvalue weighted by Crippen LogP contribution is 2.17. The third-order valence-electron chi connectivity index (χ3n) is 4.84. The summed E-state index contributed by atoms with van der Waals surface area (Å²) in [7, 11) is -3.16. The Labute approximate surface area is 170 Å². The first-order chi connectivity index (χ1) is 13.7. The van der Waals surface area contributed by atoms with E-state index in [9.17, 15) is 18.0 Å². The number of nitrogens with zero attached hydrogens (tertiary/aromatic N) is 2. The topological polar surface area (TPSA) is 113 Å². The number of benzene rings is 2. The van der Waals surface area contributed by atoms with Crippen LogP contribution in [0.4, 0.5) is 5.69 Å². The monoisotopic (exact) mass is 416 g/mol. The van der Waals surface area contributed by atoms with Gasteiger partial charge in [-0.2, -0.15) is 4.31 Å². The van der Waals surface area contributed by atoms with E-state index in [4.69, 9.17) is 5.73 Å². The average Bonchev–Trinajstić information content (AvgIpc) is 2.68. The van der Waals surface area contributed by atoms with Crippen molar-refractivity contribution in [3.05, 3.63) is 65.2 Å². The zero-order valence-corrected chi connectivity index (χ0v) is 17.0. The Morgan fingerprint density at radius 2 is 1.72 bits per heavy atom. The van der Waals surface area contributed by atoms with E-state index >= 15 is 0 Å². The summed E-state index contributed by atoms with van der Waals surface area (Å²) in [5.41, 5.74) is 7.40. The Morgan fingerprint density at radius 1 is 1.03 bits per heavy atom. The molecule has 3 N–H and O–H groups in total. The van der Waals surface area contributed by atoms with E-state index in [-0.39, 0.29) is 11.5 Å². The molecule has 1 heterocycles. The Kier molecular flexibility index (Phi) is 6.31. The number of nitrogens with one attached hydrogen (secondary N) is 1. The number of hydrogen-bond donors (Lipinski definition) is 2. The Morgan fingerprint density at radius 3 is 2.38 bits per heavy atom. The number of piperazine rings is 1. The third kappa shape index (κ3) is 5.41. The first kappa shape index (κ1) is 21.0. The molecule has 0 unspecified atom stereocenters. The van der Waals surface area contributed by atoms with Crippen molar-refractivity contribution in [2.45, 2.75) is 6.54 Å². The second-order valence-corrected chi connectivity index (χ2v) is 8.98. The third-order valence-corrected chi connectivity index (χ3v) is 6.14. The molecule has 1 aliphatic heterocycles. The van der Waals surface area contributed by atoms with Crippen LogP contribution in [0.1, 0.15) is 26.3 Å². The zero-order valence-electron chi connectivity index (χ0n) is 16.2. The lowest BCUT2D eigenvalue weighted by atomic mass is 10.1. The lowest BCUT2D eigenvalue weighted by Crippen LogP contribution is -2.47. The molecule has 29 heavy (non-hydrogen) atoms. The summed E-state index contributed by atoms with van der Waals surface area (Å²) in [6, 6.07) is 13.8. The molecular formula is C20H24N4O4S. The highest BCUT2D eigenvalue weighted by Gasteiger charge is 2.23. The van der Waals surface area contributed by atoms with Gasteiger partial charge in [-0.15, -0.1) is 0 Å². The van der Waals surface area contributed by atoms with Crippen molar-refractivity contribution in [3.63, 3.8) is 0 Å². The number of anilines is 1. The van der Waals surface area contributed by atoms with Crippen LogP contribution in [0.3, 0.4) is 0 Å². The Bertz CT molecular complexity index is 1010. The molecule has 1 saturated heterocycles. The molecular weight excluding hydrogens is 392 g/mol. The second-order valence-electron chi connectivity index (χ2n) is 7.00. The van der Waals surface area contributed by atoms with Gasteiger partial charge in [-0.1, -0.05) is 24.3 Å². The molecule has 0 radical (unpaired) electrons. The molecule has 9 heteroatoms. The van der Waals surface area contributed by atoms with Gasteiger partial charge in [0.05, 0.1) is 17.5 Å². The number of nitrogens with two attached hydrogens (primary N) is 1. The predicted molar refractivity (Wildman–Crippen MR) is 111 cm³/mol. The smallest absolute Gasteiger partial charge is 0.255 e. The average molecular weight is 417 g/mol. The fourth-order valence-electron chi connectivity index (χ4n) is 3.29. The summed E-state index contributed by atoms with van der Waals surface area (Å²) in [4.78, 5) is 26.3. The fraction of sp³-hybridized carbons (Fsp3) is 0.300. The van der Waals surface area contributed by atoms with Crippen LogP contribution in [-0.4, -0.2) is 61.9 Å². The molecule has 0 spiro atoms. The van der Waals surface area contributed by atoms with Crippen LogP contribution < -0.4 is 11.1 Å². The van der Waals surface area contributed by atoms with E-state index < -0.39 is 15.9 Å². The molecule has 2 aromatic carbocycles. The number of hydrogen-bond acceptors (Lipinski definition) is 5. The highest BCUT2D eigenvalue weighted by molar-refractivity contribution is 7.88. The van der Waals surface area contributed by atoms with Crippen LogP contribution in [0.2, 0.25) is 0 Å². The van der Waals surface area contributed by atoms with Gasteiger partial charge in [-0.3, -0.25) is 14.5 Å². The molecule has 0 atom stereocenters. The SMILES string of the molecule is CS(=O)(=O)N1CCN(Cc2cccc(C(=O)Nc3ccccc3C(N)=O)c2)CC1. The zero-order chi connectivity index (χ0) is 21.0. The number of sulfonamides is 1. The number of primary amides is 1. The molecule has 3 rings (SSSR count). The standard InChI is InChI=1S/C20H24N4O4S/c1-29(27,28)24-11-9-23(10-12-24)14-15-5-4-6-16(13-15)20(26)22-18-8-3-2-7-17(18)19(21)25/h2-8,13H,9-12,14H2,1H3,(H2,21,25)(H,22,26).